The second kappa shape index (κ2) is 8.06. The Hall–Kier alpha value is -1.95. The Morgan fingerprint density at radius 3 is 2.65 bits per heavy atom. The summed E-state index contributed by atoms with van der Waals surface area (Å²) in [6, 6.07) is 5.22. The number of esters is 1. The van der Waals surface area contributed by atoms with E-state index in [9.17, 15) is 14.0 Å². The van der Waals surface area contributed by atoms with Gasteiger partial charge in [0.05, 0.1) is 19.6 Å². The molecule has 2 rings (SSSR count). The number of hydrogen-bond acceptors (Lipinski definition) is 4. The van der Waals surface area contributed by atoms with E-state index < -0.39 is 12.0 Å². The molecule has 3 N–H and O–H groups in total. The zero-order chi connectivity index (χ0) is 16.8. The molecule has 1 amide bonds. The van der Waals surface area contributed by atoms with Crippen LogP contribution in [0.15, 0.2) is 24.3 Å². The van der Waals surface area contributed by atoms with Crippen LogP contribution >= 0.6 is 0 Å². The third-order valence-electron chi connectivity index (χ3n) is 4.49. The number of hydrogen-bond donors (Lipinski definition) is 2. The average molecular weight is 322 g/mol. The first-order valence-electron chi connectivity index (χ1n) is 7.88. The lowest BCUT2D eigenvalue weighted by molar-refractivity contribution is -0.141. The molecule has 0 bridgehead atoms. The summed E-state index contributed by atoms with van der Waals surface area (Å²) in [5.41, 5.74) is 6.40. The molecule has 1 aromatic carbocycles. The Morgan fingerprint density at radius 1 is 1.35 bits per heavy atom. The molecule has 126 valence electrons. The molecule has 1 unspecified atom stereocenters. The van der Waals surface area contributed by atoms with Crippen LogP contribution in [0.1, 0.15) is 37.3 Å². The fraction of sp³-hybridized carbons (Fsp3) is 0.529. The van der Waals surface area contributed by atoms with Crippen molar-refractivity contribution in [2.45, 2.75) is 31.7 Å². The van der Waals surface area contributed by atoms with Gasteiger partial charge in [0.1, 0.15) is 5.82 Å². The number of benzene rings is 1. The maximum absolute atomic E-state index is 13.1. The Labute approximate surface area is 135 Å². The lowest BCUT2D eigenvalue weighted by atomic mass is 9.94. The van der Waals surface area contributed by atoms with Crippen LogP contribution in [0.2, 0.25) is 0 Å². The molecule has 6 heteroatoms. The van der Waals surface area contributed by atoms with Gasteiger partial charge in [-0.3, -0.25) is 9.59 Å². The SMILES string of the molecule is COC(=O)CC(NC(=O)[C@@H]1CCC[C@@H]1CN)c1ccc(F)cc1. The van der Waals surface area contributed by atoms with Gasteiger partial charge in [0, 0.05) is 5.92 Å². The topological polar surface area (TPSA) is 81.4 Å². The second-order valence-electron chi connectivity index (χ2n) is 5.93. The van der Waals surface area contributed by atoms with E-state index in [1.807, 2.05) is 0 Å². The Balaban J connectivity index is 2.12. The van der Waals surface area contributed by atoms with Crippen LogP contribution in [0.4, 0.5) is 4.39 Å². The number of nitrogens with two attached hydrogens (primary N) is 1. The molecule has 0 spiro atoms. The molecule has 0 aliphatic heterocycles. The predicted molar refractivity (Wildman–Crippen MR) is 83.8 cm³/mol. The van der Waals surface area contributed by atoms with Crippen molar-refractivity contribution in [1.82, 2.24) is 5.32 Å². The average Bonchev–Trinajstić information content (AvgIpc) is 3.03. The number of carbonyl (C=O) groups excluding carboxylic acids is 2. The lowest BCUT2D eigenvalue weighted by Gasteiger charge is -2.23. The monoisotopic (exact) mass is 322 g/mol. The van der Waals surface area contributed by atoms with Crippen molar-refractivity contribution in [3.8, 4) is 0 Å². The van der Waals surface area contributed by atoms with Crippen molar-refractivity contribution in [1.29, 1.82) is 0 Å². The molecule has 1 saturated carbocycles. The minimum atomic E-state index is -0.533. The summed E-state index contributed by atoms with van der Waals surface area (Å²) >= 11 is 0. The van der Waals surface area contributed by atoms with Crippen molar-refractivity contribution in [2.75, 3.05) is 13.7 Å². The largest absolute Gasteiger partial charge is 0.469 e. The number of nitrogens with one attached hydrogen (secondary N) is 1. The molecule has 1 aliphatic rings. The van der Waals surface area contributed by atoms with Crippen LogP contribution < -0.4 is 11.1 Å². The van der Waals surface area contributed by atoms with Crippen molar-refractivity contribution in [2.24, 2.45) is 17.6 Å². The van der Waals surface area contributed by atoms with Crippen LogP contribution in [0, 0.1) is 17.7 Å². The van der Waals surface area contributed by atoms with Gasteiger partial charge >= 0.3 is 5.97 Å². The van der Waals surface area contributed by atoms with Crippen LogP contribution in [-0.2, 0) is 14.3 Å². The smallest absolute Gasteiger partial charge is 0.307 e. The summed E-state index contributed by atoms with van der Waals surface area (Å²) in [4.78, 5) is 24.2. The highest BCUT2D eigenvalue weighted by Crippen LogP contribution is 2.32. The standard InChI is InChI=1S/C17H23FN2O3/c1-23-16(21)9-15(11-5-7-13(18)8-6-11)20-17(22)14-4-2-3-12(14)10-19/h5-8,12,14-15H,2-4,9-10,19H2,1H3,(H,20,22)/t12-,14-,15?/m1/s1. The summed E-state index contributed by atoms with van der Waals surface area (Å²) in [5.74, 6) is -0.837. The zero-order valence-corrected chi connectivity index (χ0v) is 13.3. The Morgan fingerprint density at radius 2 is 2.04 bits per heavy atom. The molecule has 1 fully saturated rings. The van der Waals surface area contributed by atoms with Gasteiger partial charge in [-0.15, -0.1) is 0 Å². The van der Waals surface area contributed by atoms with Gasteiger partial charge < -0.3 is 15.8 Å². The van der Waals surface area contributed by atoms with E-state index in [1.165, 1.54) is 19.2 Å². The summed E-state index contributed by atoms with van der Waals surface area (Å²) in [6.45, 7) is 0.482. The van der Waals surface area contributed by atoms with Gasteiger partial charge in [-0.05, 0) is 43.0 Å². The number of methoxy groups -OCH3 is 1. The molecule has 1 aliphatic carbocycles. The first-order chi connectivity index (χ1) is 11.0. The van der Waals surface area contributed by atoms with E-state index in [0.29, 0.717) is 12.1 Å². The van der Waals surface area contributed by atoms with Gasteiger partial charge in [0.15, 0.2) is 0 Å². The van der Waals surface area contributed by atoms with Gasteiger partial charge in [-0.1, -0.05) is 18.6 Å². The number of halogens is 1. The van der Waals surface area contributed by atoms with Crippen LogP contribution in [0.25, 0.3) is 0 Å². The van der Waals surface area contributed by atoms with Gasteiger partial charge in [0.2, 0.25) is 5.91 Å². The number of ether oxygens (including phenoxy) is 1. The number of carbonyl (C=O) groups is 2. The number of rotatable bonds is 6. The molecular weight excluding hydrogens is 299 g/mol. The zero-order valence-electron chi connectivity index (χ0n) is 13.3. The van der Waals surface area contributed by atoms with Crippen molar-refractivity contribution in [3.05, 3.63) is 35.6 Å². The number of amides is 1. The summed E-state index contributed by atoms with van der Waals surface area (Å²) in [5, 5.41) is 2.91. The molecule has 1 aromatic rings. The summed E-state index contributed by atoms with van der Waals surface area (Å²) in [7, 11) is 1.30. The normalized spacial score (nSPS) is 21.7. The maximum atomic E-state index is 13.1. The predicted octanol–water partition coefficient (Wildman–Crippen LogP) is 1.92. The molecule has 3 atom stereocenters. The van der Waals surface area contributed by atoms with Crippen molar-refractivity contribution in [3.63, 3.8) is 0 Å². The Bertz CT molecular complexity index is 547. The minimum Gasteiger partial charge on any atom is -0.469 e. The highest BCUT2D eigenvalue weighted by molar-refractivity contribution is 5.80. The quantitative estimate of drug-likeness (QED) is 0.784. The lowest BCUT2D eigenvalue weighted by Crippen LogP contribution is -2.38. The van der Waals surface area contributed by atoms with Gasteiger partial charge in [-0.25, -0.2) is 4.39 Å². The first-order valence-corrected chi connectivity index (χ1v) is 7.88. The van der Waals surface area contributed by atoms with Crippen LogP contribution in [0.3, 0.4) is 0 Å². The molecule has 0 aromatic heterocycles. The van der Waals surface area contributed by atoms with Gasteiger partial charge in [0.25, 0.3) is 0 Å². The molecule has 0 heterocycles. The maximum Gasteiger partial charge on any atom is 0.307 e. The van der Waals surface area contributed by atoms with E-state index in [-0.39, 0.29) is 30.0 Å². The summed E-state index contributed by atoms with van der Waals surface area (Å²) < 4.78 is 17.8. The molecule has 5 nitrogen and oxygen atoms in total. The van der Waals surface area contributed by atoms with E-state index >= 15 is 0 Å². The molecule has 0 radical (unpaired) electrons. The molecule has 23 heavy (non-hydrogen) atoms. The second-order valence-corrected chi connectivity index (χ2v) is 5.93. The third-order valence-corrected chi connectivity index (χ3v) is 4.49. The fourth-order valence-corrected chi connectivity index (χ4v) is 3.14. The Kier molecular flexibility index (Phi) is 6.10. The first kappa shape index (κ1) is 17.4. The van der Waals surface area contributed by atoms with Crippen LogP contribution in [-0.4, -0.2) is 25.5 Å². The summed E-state index contributed by atoms with van der Waals surface area (Å²) in [6.07, 6.45) is 2.75. The highest BCUT2D eigenvalue weighted by atomic mass is 19.1. The van der Waals surface area contributed by atoms with E-state index in [1.54, 1.807) is 12.1 Å². The highest BCUT2D eigenvalue weighted by Gasteiger charge is 2.33. The molecular formula is C17H23FN2O3. The van der Waals surface area contributed by atoms with Crippen molar-refractivity contribution < 1.29 is 18.7 Å². The fourth-order valence-electron chi connectivity index (χ4n) is 3.14. The van der Waals surface area contributed by atoms with E-state index in [2.05, 4.69) is 5.32 Å². The van der Waals surface area contributed by atoms with E-state index in [0.717, 1.165) is 19.3 Å². The molecule has 0 saturated heterocycles. The van der Waals surface area contributed by atoms with Gasteiger partial charge in [-0.2, -0.15) is 0 Å². The third kappa shape index (κ3) is 4.51. The van der Waals surface area contributed by atoms with E-state index in [4.69, 9.17) is 10.5 Å². The van der Waals surface area contributed by atoms with Crippen LogP contribution in [0.5, 0.6) is 0 Å². The minimum absolute atomic E-state index is 0.00782. The van der Waals surface area contributed by atoms with Crippen molar-refractivity contribution >= 4 is 11.9 Å².